The predicted molar refractivity (Wildman–Crippen MR) is 84.9 cm³/mol. The first-order valence-electron chi connectivity index (χ1n) is 7.21. The molecule has 1 aromatic heterocycles. The van der Waals surface area contributed by atoms with Crippen molar-refractivity contribution >= 4 is 23.4 Å². The van der Waals surface area contributed by atoms with Crippen molar-refractivity contribution < 1.29 is 9.18 Å². The van der Waals surface area contributed by atoms with Crippen LogP contribution in [0.4, 0.5) is 10.2 Å². The van der Waals surface area contributed by atoms with Gasteiger partial charge < -0.3 is 4.90 Å². The van der Waals surface area contributed by atoms with E-state index in [1.165, 1.54) is 48.9 Å². The highest BCUT2D eigenvalue weighted by atomic mass is 32.2. The average molecular weight is 317 g/mol. The van der Waals surface area contributed by atoms with Crippen LogP contribution in [-0.4, -0.2) is 34.6 Å². The van der Waals surface area contributed by atoms with Gasteiger partial charge in [0.1, 0.15) is 23.0 Å². The molecule has 2 aromatic rings. The molecule has 0 saturated carbocycles. The van der Waals surface area contributed by atoms with Gasteiger partial charge in [0.25, 0.3) is 0 Å². The Morgan fingerprint density at radius 2 is 1.91 bits per heavy atom. The smallest absolute Gasteiger partial charge is 0.173 e. The zero-order chi connectivity index (χ0) is 15.4. The maximum atomic E-state index is 12.9. The van der Waals surface area contributed by atoms with Crippen molar-refractivity contribution in [2.75, 3.05) is 23.7 Å². The van der Waals surface area contributed by atoms with Gasteiger partial charge in [0.15, 0.2) is 5.78 Å². The van der Waals surface area contributed by atoms with Crippen molar-refractivity contribution in [3.8, 4) is 0 Å². The van der Waals surface area contributed by atoms with Gasteiger partial charge in [0, 0.05) is 24.7 Å². The summed E-state index contributed by atoms with van der Waals surface area (Å²) in [6, 6.07) is 7.54. The van der Waals surface area contributed by atoms with E-state index >= 15 is 0 Å². The summed E-state index contributed by atoms with van der Waals surface area (Å²) in [6.07, 6.45) is 3.92. The fourth-order valence-corrected chi connectivity index (χ4v) is 3.14. The molecule has 6 heteroatoms. The van der Waals surface area contributed by atoms with Gasteiger partial charge in [-0.25, -0.2) is 14.4 Å². The minimum Gasteiger partial charge on any atom is -0.356 e. The standard InChI is InChI=1S/C16H16FN3OS/c17-13-5-3-12(4-6-13)14(21)10-22-16-9-15(18-11-19-16)20-7-1-2-8-20/h3-6,9,11H,1-2,7-8,10H2. The highest BCUT2D eigenvalue weighted by Gasteiger charge is 2.14. The fraction of sp³-hybridized carbons (Fsp3) is 0.312. The topological polar surface area (TPSA) is 46.1 Å². The minimum atomic E-state index is -0.338. The van der Waals surface area contributed by atoms with Crippen molar-refractivity contribution in [2.45, 2.75) is 17.9 Å². The van der Waals surface area contributed by atoms with Crippen molar-refractivity contribution in [1.82, 2.24) is 9.97 Å². The Hall–Kier alpha value is -1.95. The van der Waals surface area contributed by atoms with Crippen molar-refractivity contribution in [3.63, 3.8) is 0 Å². The second-order valence-electron chi connectivity index (χ2n) is 5.13. The number of halogens is 1. The van der Waals surface area contributed by atoms with Gasteiger partial charge in [-0.2, -0.15) is 0 Å². The van der Waals surface area contributed by atoms with E-state index in [1.807, 2.05) is 6.07 Å². The van der Waals surface area contributed by atoms with Gasteiger partial charge in [0.05, 0.1) is 5.75 Å². The number of carbonyl (C=O) groups excluding carboxylic acids is 1. The Morgan fingerprint density at radius 1 is 1.18 bits per heavy atom. The van der Waals surface area contributed by atoms with Gasteiger partial charge in [-0.15, -0.1) is 0 Å². The van der Waals surface area contributed by atoms with Crippen LogP contribution in [0, 0.1) is 5.82 Å². The van der Waals surface area contributed by atoms with Crippen molar-refractivity contribution in [2.24, 2.45) is 0 Å². The number of rotatable bonds is 5. The first kappa shape index (κ1) is 15.0. The second kappa shape index (κ2) is 6.87. The van der Waals surface area contributed by atoms with E-state index in [0.717, 1.165) is 23.9 Å². The lowest BCUT2D eigenvalue weighted by molar-refractivity contribution is 0.102. The van der Waals surface area contributed by atoms with Gasteiger partial charge >= 0.3 is 0 Å². The van der Waals surface area contributed by atoms with Crippen LogP contribution in [0.15, 0.2) is 41.7 Å². The Balaban J connectivity index is 1.62. The third-order valence-corrected chi connectivity index (χ3v) is 4.50. The van der Waals surface area contributed by atoms with Crippen LogP contribution in [0.2, 0.25) is 0 Å². The number of aromatic nitrogens is 2. The maximum Gasteiger partial charge on any atom is 0.173 e. The number of ketones is 1. The van der Waals surface area contributed by atoms with E-state index < -0.39 is 0 Å². The number of thioether (sulfide) groups is 1. The predicted octanol–water partition coefficient (Wildman–Crippen LogP) is 3.19. The molecule has 1 fully saturated rings. The number of benzene rings is 1. The van der Waals surface area contributed by atoms with Crippen LogP contribution in [0.5, 0.6) is 0 Å². The van der Waals surface area contributed by atoms with Gasteiger partial charge in [-0.3, -0.25) is 4.79 Å². The van der Waals surface area contributed by atoms with E-state index in [0.29, 0.717) is 5.56 Å². The number of nitrogens with zero attached hydrogens (tertiary/aromatic N) is 3. The third kappa shape index (κ3) is 3.62. The molecule has 0 bridgehead atoms. The number of Topliss-reactive ketones (excluding diaryl/α,β-unsaturated/α-hetero) is 1. The lowest BCUT2D eigenvalue weighted by atomic mass is 10.1. The average Bonchev–Trinajstić information content (AvgIpc) is 3.08. The Morgan fingerprint density at radius 3 is 2.64 bits per heavy atom. The number of hydrogen-bond acceptors (Lipinski definition) is 5. The highest BCUT2D eigenvalue weighted by Crippen LogP contribution is 2.23. The molecule has 0 N–H and O–H groups in total. The molecule has 1 aromatic carbocycles. The van der Waals surface area contributed by atoms with E-state index in [4.69, 9.17) is 0 Å². The van der Waals surface area contributed by atoms with Crippen LogP contribution in [0.3, 0.4) is 0 Å². The minimum absolute atomic E-state index is 0.0358. The summed E-state index contributed by atoms with van der Waals surface area (Å²) in [4.78, 5) is 22.8. The molecule has 1 aliphatic rings. The molecule has 114 valence electrons. The number of hydrogen-bond donors (Lipinski definition) is 0. The van der Waals surface area contributed by atoms with E-state index in [-0.39, 0.29) is 17.4 Å². The molecule has 0 atom stereocenters. The summed E-state index contributed by atoms with van der Waals surface area (Å²) >= 11 is 1.38. The van der Waals surface area contributed by atoms with Crippen molar-refractivity contribution in [1.29, 1.82) is 0 Å². The monoisotopic (exact) mass is 317 g/mol. The molecule has 1 saturated heterocycles. The first-order valence-corrected chi connectivity index (χ1v) is 8.19. The second-order valence-corrected chi connectivity index (χ2v) is 6.12. The normalized spacial score (nSPS) is 14.3. The Kier molecular flexibility index (Phi) is 4.68. The van der Waals surface area contributed by atoms with Gasteiger partial charge in [0.2, 0.25) is 0 Å². The van der Waals surface area contributed by atoms with Crippen LogP contribution in [0.1, 0.15) is 23.2 Å². The summed E-state index contributed by atoms with van der Waals surface area (Å²) in [5.74, 6) is 0.827. The molecule has 0 spiro atoms. The quantitative estimate of drug-likeness (QED) is 0.481. The summed E-state index contributed by atoms with van der Waals surface area (Å²) in [7, 11) is 0. The SMILES string of the molecule is O=C(CSc1cc(N2CCCC2)ncn1)c1ccc(F)cc1. The Bertz CT molecular complexity index is 657. The molecule has 4 nitrogen and oxygen atoms in total. The van der Waals surface area contributed by atoms with E-state index in [1.54, 1.807) is 6.33 Å². The molecule has 22 heavy (non-hydrogen) atoms. The summed E-state index contributed by atoms with van der Waals surface area (Å²) in [5.41, 5.74) is 0.516. The summed E-state index contributed by atoms with van der Waals surface area (Å²) in [6.45, 7) is 2.05. The lowest BCUT2D eigenvalue weighted by Crippen LogP contribution is -2.19. The van der Waals surface area contributed by atoms with E-state index in [9.17, 15) is 9.18 Å². The summed E-state index contributed by atoms with van der Waals surface area (Å²) in [5, 5.41) is 0.785. The molecule has 3 rings (SSSR count). The first-order chi connectivity index (χ1) is 10.7. The fourth-order valence-electron chi connectivity index (χ4n) is 2.39. The van der Waals surface area contributed by atoms with Crippen molar-refractivity contribution in [3.05, 3.63) is 48.0 Å². The molecule has 1 aliphatic heterocycles. The number of carbonyl (C=O) groups is 1. The van der Waals surface area contributed by atoms with Crippen LogP contribution in [0.25, 0.3) is 0 Å². The molecule has 0 radical (unpaired) electrons. The lowest BCUT2D eigenvalue weighted by Gasteiger charge is -2.16. The largest absolute Gasteiger partial charge is 0.356 e. The van der Waals surface area contributed by atoms with Crippen LogP contribution in [-0.2, 0) is 0 Å². The van der Waals surface area contributed by atoms with Crippen LogP contribution < -0.4 is 4.90 Å². The zero-order valence-electron chi connectivity index (χ0n) is 12.0. The van der Waals surface area contributed by atoms with Crippen LogP contribution >= 0.6 is 11.8 Å². The molecule has 2 heterocycles. The molecule has 0 aliphatic carbocycles. The maximum absolute atomic E-state index is 12.9. The van der Waals surface area contributed by atoms with Gasteiger partial charge in [-0.05, 0) is 37.1 Å². The highest BCUT2D eigenvalue weighted by molar-refractivity contribution is 7.99. The third-order valence-electron chi connectivity index (χ3n) is 3.57. The summed E-state index contributed by atoms with van der Waals surface area (Å²) < 4.78 is 12.9. The van der Waals surface area contributed by atoms with E-state index in [2.05, 4.69) is 14.9 Å². The number of anilines is 1. The molecule has 0 amide bonds. The molecular weight excluding hydrogens is 301 g/mol. The van der Waals surface area contributed by atoms with Gasteiger partial charge in [-0.1, -0.05) is 11.8 Å². The molecule has 0 unspecified atom stereocenters. The molecular formula is C16H16FN3OS. The Labute approximate surface area is 132 Å². The zero-order valence-corrected chi connectivity index (χ0v) is 12.9.